The van der Waals surface area contributed by atoms with Crippen LogP contribution in [0.25, 0.3) is 10.9 Å². The summed E-state index contributed by atoms with van der Waals surface area (Å²) in [5, 5.41) is 3.90. The van der Waals surface area contributed by atoms with Crippen molar-refractivity contribution < 1.29 is 19.1 Å². The molecule has 0 spiro atoms. The van der Waals surface area contributed by atoms with Gasteiger partial charge in [-0.05, 0) is 36.3 Å². The van der Waals surface area contributed by atoms with Crippen molar-refractivity contribution in [1.82, 2.24) is 15.2 Å². The number of benzene rings is 1. The van der Waals surface area contributed by atoms with Gasteiger partial charge in [-0.1, -0.05) is 18.2 Å². The van der Waals surface area contributed by atoms with E-state index in [2.05, 4.69) is 15.3 Å². The molecule has 30 heavy (non-hydrogen) atoms. The van der Waals surface area contributed by atoms with Crippen LogP contribution < -0.4 is 10.1 Å². The smallest absolute Gasteiger partial charge is 0.350 e. The predicted molar refractivity (Wildman–Crippen MR) is 112 cm³/mol. The molecule has 1 aromatic carbocycles. The molecule has 154 valence electrons. The van der Waals surface area contributed by atoms with E-state index in [0.29, 0.717) is 18.7 Å². The Kier molecular flexibility index (Phi) is 5.47. The minimum atomic E-state index is -0.619. The molecule has 4 amide bonds. The number of rotatable bonds is 7. The van der Waals surface area contributed by atoms with Gasteiger partial charge in [-0.2, -0.15) is 4.99 Å². The number of hydrogen-bond acceptors (Lipinski definition) is 4. The summed E-state index contributed by atoms with van der Waals surface area (Å²) in [6.45, 7) is 0.460. The molecule has 1 aliphatic carbocycles. The predicted octanol–water partition coefficient (Wildman–Crippen LogP) is 2.37. The molecule has 0 bridgehead atoms. The third-order valence-corrected chi connectivity index (χ3v) is 5.24. The van der Waals surface area contributed by atoms with Gasteiger partial charge < -0.3 is 15.0 Å². The van der Waals surface area contributed by atoms with Crippen LogP contribution in [0.1, 0.15) is 12.0 Å². The van der Waals surface area contributed by atoms with Gasteiger partial charge >= 0.3 is 6.03 Å². The normalized spacial score (nSPS) is 17.8. The van der Waals surface area contributed by atoms with Crippen molar-refractivity contribution in [3.8, 4) is 5.75 Å². The van der Waals surface area contributed by atoms with E-state index in [1.54, 1.807) is 31.4 Å². The Morgan fingerprint density at radius 1 is 1.30 bits per heavy atom. The number of nitrogens with one attached hydrogen (secondary N) is 2. The number of aliphatic imine (C=N–C) groups is 1. The van der Waals surface area contributed by atoms with Gasteiger partial charge in [-0.25, -0.2) is 4.79 Å². The number of imide groups is 1. The fourth-order valence-corrected chi connectivity index (χ4v) is 3.62. The van der Waals surface area contributed by atoms with Crippen molar-refractivity contribution in [3.05, 3.63) is 54.3 Å². The molecule has 1 unspecified atom stereocenters. The van der Waals surface area contributed by atoms with E-state index < -0.39 is 11.9 Å². The summed E-state index contributed by atoms with van der Waals surface area (Å²) < 4.78 is 5.27. The van der Waals surface area contributed by atoms with E-state index in [4.69, 9.17) is 4.74 Å². The van der Waals surface area contributed by atoms with Crippen LogP contribution in [0.4, 0.5) is 4.79 Å². The van der Waals surface area contributed by atoms with Crippen molar-refractivity contribution in [2.75, 3.05) is 20.2 Å². The SMILES string of the molecule is COc1ccc2[nH]cc(CCNC(=O)CCN3C(=O)N=C4C=CC=CC4C3=O)c2c1. The van der Waals surface area contributed by atoms with E-state index in [-0.39, 0.29) is 24.8 Å². The van der Waals surface area contributed by atoms with Crippen molar-refractivity contribution in [3.63, 3.8) is 0 Å². The topological polar surface area (TPSA) is 104 Å². The molecule has 1 aliphatic heterocycles. The molecule has 0 radical (unpaired) electrons. The number of ether oxygens (including phenoxy) is 1. The maximum atomic E-state index is 12.5. The first-order chi connectivity index (χ1) is 14.6. The summed E-state index contributed by atoms with van der Waals surface area (Å²) in [7, 11) is 1.62. The van der Waals surface area contributed by atoms with Crippen LogP contribution in [0.5, 0.6) is 5.75 Å². The monoisotopic (exact) mass is 406 g/mol. The van der Waals surface area contributed by atoms with Gasteiger partial charge in [0.25, 0.3) is 0 Å². The van der Waals surface area contributed by atoms with Gasteiger partial charge in [-0.3, -0.25) is 14.5 Å². The van der Waals surface area contributed by atoms with E-state index in [9.17, 15) is 14.4 Å². The zero-order chi connectivity index (χ0) is 21.1. The first-order valence-electron chi connectivity index (χ1n) is 9.76. The lowest BCUT2D eigenvalue weighted by Crippen LogP contribution is -2.47. The summed E-state index contributed by atoms with van der Waals surface area (Å²) in [6, 6.07) is 5.18. The molecule has 8 nitrogen and oxygen atoms in total. The van der Waals surface area contributed by atoms with E-state index in [1.165, 1.54) is 0 Å². The van der Waals surface area contributed by atoms with Crippen molar-refractivity contribution in [2.45, 2.75) is 12.8 Å². The number of aromatic amines is 1. The second-order valence-electron chi connectivity index (χ2n) is 7.11. The van der Waals surface area contributed by atoms with Crippen LogP contribution in [0, 0.1) is 5.92 Å². The summed E-state index contributed by atoms with van der Waals surface area (Å²) in [6.07, 6.45) is 9.46. The number of H-pyrrole nitrogens is 1. The number of amides is 4. The quantitative estimate of drug-likeness (QED) is 0.737. The average molecular weight is 406 g/mol. The Bertz CT molecular complexity index is 1100. The first kappa shape index (κ1) is 19.6. The minimum Gasteiger partial charge on any atom is -0.497 e. The highest BCUT2D eigenvalue weighted by molar-refractivity contribution is 6.21. The van der Waals surface area contributed by atoms with E-state index in [0.717, 1.165) is 27.1 Å². The molecule has 1 atom stereocenters. The third-order valence-electron chi connectivity index (χ3n) is 5.24. The molecule has 2 aromatic rings. The maximum Gasteiger partial charge on any atom is 0.350 e. The van der Waals surface area contributed by atoms with Crippen LogP contribution in [0.15, 0.2) is 53.7 Å². The van der Waals surface area contributed by atoms with Gasteiger partial charge in [0.15, 0.2) is 0 Å². The van der Waals surface area contributed by atoms with Crippen LogP contribution >= 0.6 is 0 Å². The van der Waals surface area contributed by atoms with Gasteiger partial charge in [-0.15, -0.1) is 0 Å². The minimum absolute atomic E-state index is 0.0125. The zero-order valence-electron chi connectivity index (χ0n) is 16.6. The molecule has 2 N–H and O–H groups in total. The molecule has 2 aliphatic rings. The van der Waals surface area contributed by atoms with Crippen LogP contribution in [-0.2, 0) is 16.0 Å². The van der Waals surface area contributed by atoms with E-state index in [1.807, 2.05) is 24.4 Å². The van der Waals surface area contributed by atoms with Gasteiger partial charge in [0, 0.05) is 36.6 Å². The van der Waals surface area contributed by atoms with Crippen LogP contribution in [0.3, 0.4) is 0 Å². The number of fused-ring (bicyclic) bond motifs is 2. The Morgan fingerprint density at radius 2 is 2.17 bits per heavy atom. The Labute approximate surface area is 173 Å². The van der Waals surface area contributed by atoms with Gasteiger partial charge in [0.05, 0.1) is 18.7 Å². The summed E-state index contributed by atoms with van der Waals surface area (Å²) in [5.41, 5.74) is 2.53. The summed E-state index contributed by atoms with van der Waals surface area (Å²) >= 11 is 0. The van der Waals surface area contributed by atoms with Crippen molar-refractivity contribution >= 4 is 34.5 Å². The molecular formula is C22H22N4O4. The lowest BCUT2D eigenvalue weighted by molar-refractivity contribution is -0.130. The van der Waals surface area contributed by atoms with Crippen molar-refractivity contribution in [2.24, 2.45) is 10.9 Å². The van der Waals surface area contributed by atoms with E-state index >= 15 is 0 Å². The second-order valence-corrected chi connectivity index (χ2v) is 7.11. The molecule has 2 heterocycles. The highest BCUT2D eigenvalue weighted by atomic mass is 16.5. The number of carbonyl (C=O) groups excluding carboxylic acids is 3. The number of carbonyl (C=O) groups is 3. The average Bonchev–Trinajstić information content (AvgIpc) is 3.15. The highest BCUT2D eigenvalue weighted by Crippen LogP contribution is 2.24. The standard InChI is InChI=1S/C22H22N4O4/c1-30-15-6-7-18-17(12-15)14(13-24-18)8-10-23-20(27)9-11-26-21(28)16-4-2-3-5-19(16)25-22(26)29/h2-7,12-13,16,24H,8-11H2,1H3,(H,23,27). The third kappa shape index (κ3) is 3.89. The van der Waals surface area contributed by atoms with Gasteiger partial charge in [0.2, 0.25) is 11.8 Å². The molecule has 8 heteroatoms. The Hall–Kier alpha value is -3.68. The van der Waals surface area contributed by atoms with Gasteiger partial charge in [0.1, 0.15) is 5.75 Å². The lowest BCUT2D eigenvalue weighted by Gasteiger charge is -2.28. The lowest BCUT2D eigenvalue weighted by atomic mass is 9.95. The summed E-state index contributed by atoms with van der Waals surface area (Å²) in [5.74, 6) is -0.333. The zero-order valence-corrected chi connectivity index (χ0v) is 16.6. The number of urea groups is 1. The molecule has 4 rings (SSSR count). The number of nitrogens with zero attached hydrogens (tertiary/aromatic N) is 2. The van der Waals surface area contributed by atoms with Crippen molar-refractivity contribution in [1.29, 1.82) is 0 Å². The largest absolute Gasteiger partial charge is 0.497 e. The fourth-order valence-electron chi connectivity index (χ4n) is 3.62. The molecule has 0 saturated carbocycles. The maximum absolute atomic E-state index is 12.5. The van der Waals surface area contributed by atoms with Crippen LogP contribution in [0.2, 0.25) is 0 Å². The second kappa shape index (κ2) is 8.36. The molecule has 0 fully saturated rings. The number of methoxy groups -OCH3 is 1. The highest BCUT2D eigenvalue weighted by Gasteiger charge is 2.35. The van der Waals surface area contributed by atoms with Crippen LogP contribution in [-0.4, -0.2) is 53.6 Å². The Morgan fingerprint density at radius 3 is 3.00 bits per heavy atom. The Balaban J connectivity index is 1.29. The molecule has 0 saturated heterocycles. The summed E-state index contributed by atoms with van der Waals surface area (Å²) in [4.78, 5) is 45.1. The number of allylic oxidation sites excluding steroid dienone is 3. The molecular weight excluding hydrogens is 384 g/mol. The fraction of sp³-hybridized carbons (Fsp3) is 0.273. The molecule has 1 aromatic heterocycles. The number of hydrogen-bond donors (Lipinski definition) is 2. The first-order valence-corrected chi connectivity index (χ1v) is 9.76. The number of aromatic nitrogens is 1.